The molecule has 0 saturated carbocycles. The van der Waals surface area contributed by atoms with Gasteiger partial charge in [0.1, 0.15) is 12.7 Å². The van der Waals surface area contributed by atoms with Crippen molar-refractivity contribution in [2.45, 2.75) is 26.7 Å². The molecule has 0 aliphatic rings. The standard InChI is InChI=1S/C22H19N2.C13H13N.Ir/c1-16(2)18-12-6-8-14-20(18)24-21-15-9-7-13-19(21)23-22(24)17-10-4-3-5-11-17;1-11-8-9-13(14(2)10-11)12-6-4-3-5-7-12;/h3-10,12-16H,1-2H3;3-6,8-10H,1-2H3;/q-1;;. The maximum atomic E-state index is 4.89. The fraction of sp³-hybridized carbons (Fsp3) is 0.143. The molecule has 0 spiro atoms. The Hall–Kier alpha value is -3.85. The van der Waals surface area contributed by atoms with Crippen LogP contribution in [0, 0.1) is 19.1 Å². The van der Waals surface area contributed by atoms with E-state index < -0.39 is 0 Å². The zero-order valence-corrected chi connectivity index (χ0v) is 25.1. The van der Waals surface area contributed by atoms with E-state index in [-0.39, 0.29) is 20.1 Å². The number of imidazole rings is 1. The van der Waals surface area contributed by atoms with Crippen molar-refractivity contribution in [3.63, 3.8) is 0 Å². The summed E-state index contributed by atoms with van der Waals surface area (Å²) in [7, 11) is 2.06. The molecular formula is C35H32IrN3-. The first-order valence-corrected chi connectivity index (χ1v) is 13.0. The molecule has 1 radical (unpaired) electrons. The van der Waals surface area contributed by atoms with Gasteiger partial charge in [-0.3, -0.25) is 4.98 Å². The molecule has 39 heavy (non-hydrogen) atoms. The van der Waals surface area contributed by atoms with Crippen LogP contribution in [0.2, 0.25) is 0 Å². The molecule has 0 unspecified atom stereocenters. The van der Waals surface area contributed by atoms with E-state index in [0.29, 0.717) is 5.92 Å². The van der Waals surface area contributed by atoms with Gasteiger partial charge in [0.25, 0.3) is 0 Å². The number of hydrogen-bond acceptors (Lipinski definition) is 1. The van der Waals surface area contributed by atoms with Gasteiger partial charge in [0, 0.05) is 31.4 Å². The number of fused-ring (bicyclic) bond motifs is 1. The number of nitrogens with zero attached hydrogens (tertiary/aromatic N) is 3. The number of para-hydroxylation sites is 3. The molecule has 0 atom stereocenters. The van der Waals surface area contributed by atoms with Crippen LogP contribution in [0.1, 0.15) is 30.9 Å². The van der Waals surface area contributed by atoms with E-state index in [1.807, 2.05) is 42.5 Å². The molecule has 2 heterocycles. The van der Waals surface area contributed by atoms with E-state index in [4.69, 9.17) is 4.98 Å². The molecule has 0 aliphatic heterocycles. The predicted molar refractivity (Wildman–Crippen MR) is 156 cm³/mol. The Balaban J connectivity index is 0.000000202. The van der Waals surface area contributed by atoms with E-state index in [9.17, 15) is 0 Å². The van der Waals surface area contributed by atoms with Gasteiger partial charge in [0.2, 0.25) is 0 Å². The van der Waals surface area contributed by atoms with Crippen LogP contribution in [0.15, 0.2) is 115 Å². The molecule has 2 aromatic heterocycles. The summed E-state index contributed by atoms with van der Waals surface area (Å²) in [4.78, 5) is 4.89. The van der Waals surface area contributed by atoms with Crippen molar-refractivity contribution in [1.29, 1.82) is 0 Å². The molecule has 0 fully saturated rings. The number of rotatable bonds is 4. The number of aryl methyl sites for hydroxylation is 2. The summed E-state index contributed by atoms with van der Waals surface area (Å²) in [6.07, 6.45) is 2.12. The SMILES string of the molecule is CC(C)c1ccccc1-n1c(-c2[c-]cccc2)nc2ccccc21.Cc1ccc(-c2[c-]cccc2)[n+](C)c1.[Ir]. The summed E-state index contributed by atoms with van der Waals surface area (Å²) >= 11 is 0. The van der Waals surface area contributed by atoms with E-state index in [0.717, 1.165) is 28.0 Å². The topological polar surface area (TPSA) is 21.7 Å². The van der Waals surface area contributed by atoms with Crippen molar-refractivity contribution in [2.24, 2.45) is 7.05 Å². The van der Waals surface area contributed by atoms with Crippen LogP contribution < -0.4 is 4.57 Å². The first kappa shape index (κ1) is 28.2. The molecule has 0 N–H and O–H groups in total. The van der Waals surface area contributed by atoms with Gasteiger partial charge in [-0.05, 0) is 42.7 Å². The third-order valence-electron chi connectivity index (χ3n) is 6.58. The molecule has 4 aromatic carbocycles. The number of pyridine rings is 1. The zero-order valence-electron chi connectivity index (χ0n) is 22.7. The molecule has 0 saturated heterocycles. The molecule has 4 heteroatoms. The van der Waals surface area contributed by atoms with Crippen LogP contribution >= 0.6 is 0 Å². The molecule has 0 aliphatic carbocycles. The van der Waals surface area contributed by atoms with Gasteiger partial charge in [-0.25, -0.2) is 4.57 Å². The van der Waals surface area contributed by atoms with Crippen molar-refractivity contribution < 1.29 is 24.7 Å². The Labute approximate surface area is 245 Å². The Morgan fingerprint density at radius 2 is 1.38 bits per heavy atom. The van der Waals surface area contributed by atoms with E-state index in [1.165, 1.54) is 22.5 Å². The number of hydrogen-bond donors (Lipinski definition) is 0. The molecule has 197 valence electrons. The van der Waals surface area contributed by atoms with E-state index >= 15 is 0 Å². The molecular weight excluding hydrogens is 655 g/mol. The maximum absolute atomic E-state index is 4.89. The second kappa shape index (κ2) is 12.8. The third kappa shape index (κ3) is 6.25. The molecule has 6 rings (SSSR count). The maximum Gasteiger partial charge on any atom is 0.163 e. The normalized spacial score (nSPS) is 10.6. The van der Waals surface area contributed by atoms with Crippen molar-refractivity contribution in [3.05, 3.63) is 139 Å². The van der Waals surface area contributed by atoms with Crippen LogP contribution in [0.5, 0.6) is 0 Å². The summed E-state index contributed by atoms with van der Waals surface area (Å²) in [5.74, 6) is 1.37. The summed E-state index contributed by atoms with van der Waals surface area (Å²) in [5, 5.41) is 0. The van der Waals surface area contributed by atoms with Gasteiger partial charge in [0.05, 0.1) is 16.9 Å². The Bertz CT molecular complexity index is 1650. The minimum Gasteiger partial charge on any atom is -0.333 e. The largest absolute Gasteiger partial charge is 0.333 e. The van der Waals surface area contributed by atoms with Crippen LogP contribution in [-0.2, 0) is 27.2 Å². The van der Waals surface area contributed by atoms with Crippen LogP contribution in [0.4, 0.5) is 0 Å². The average Bonchev–Trinajstić information content (AvgIpc) is 3.34. The number of benzene rings is 4. The Morgan fingerprint density at radius 3 is 2.05 bits per heavy atom. The summed E-state index contributed by atoms with van der Waals surface area (Å²) in [6, 6.07) is 43.7. The molecule has 0 bridgehead atoms. The minimum atomic E-state index is 0. The van der Waals surface area contributed by atoms with Gasteiger partial charge in [0.15, 0.2) is 6.20 Å². The van der Waals surface area contributed by atoms with Crippen molar-refractivity contribution in [2.75, 3.05) is 0 Å². The van der Waals surface area contributed by atoms with E-state index in [1.54, 1.807) is 0 Å². The third-order valence-corrected chi connectivity index (χ3v) is 6.58. The summed E-state index contributed by atoms with van der Waals surface area (Å²) in [6.45, 7) is 6.55. The van der Waals surface area contributed by atoms with Crippen molar-refractivity contribution >= 4 is 11.0 Å². The van der Waals surface area contributed by atoms with Crippen molar-refractivity contribution in [3.8, 4) is 28.3 Å². The van der Waals surface area contributed by atoms with Gasteiger partial charge < -0.3 is 4.57 Å². The average molecular weight is 687 g/mol. The van der Waals surface area contributed by atoms with Crippen LogP contribution in [0.3, 0.4) is 0 Å². The minimum absolute atomic E-state index is 0. The van der Waals surface area contributed by atoms with Crippen LogP contribution in [0.25, 0.3) is 39.4 Å². The second-order valence-corrected chi connectivity index (χ2v) is 9.73. The fourth-order valence-corrected chi connectivity index (χ4v) is 4.74. The quantitative estimate of drug-likeness (QED) is 0.137. The summed E-state index contributed by atoms with van der Waals surface area (Å²) in [5.41, 5.74) is 9.23. The van der Waals surface area contributed by atoms with Gasteiger partial charge in [-0.15, -0.1) is 66.2 Å². The summed E-state index contributed by atoms with van der Waals surface area (Å²) < 4.78 is 4.39. The zero-order chi connectivity index (χ0) is 26.5. The molecule has 3 nitrogen and oxygen atoms in total. The van der Waals surface area contributed by atoms with Gasteiger partial charge >= 0.3 is 0 Å². The van der Waals surface area contributed by atoms with Gasteiger partial charge in [-0.1, -0.05) is 55.8 Å². The predicted octanol–water partition coefficient (Wildman–Crippen LogP) is 7.90. The van der Waals surface area contributed by atoms with Crippen LogP contribution in [-0.4, -0.2) is 9.55 Å². The van der Waals surface area contributed by atoms with Crippen molar-refractivity contribution in [1.82, 2.24) is 9.55 Å². The number of aromatic nitrogens is 3. The smallest absolute Gasteiger partial charge is 0.163 e. The monoisotopic (exact) mass is 687 g/mol. The van der Waals surface area contributed by atoms with Gasteiger partial charge in [-0.2, -0.15) is 0 Å². The Morgan fingerprint density at radius 1 is 0.744 bits per heavy atom. The second-order valence-electron chi connectivity index (χ2n) is 9.73. The molecule has 0 amide bonds. The molecule has 6 aromatic rings. The Kier molecular flexibility index (Phi) is 9.24. The fourth-order valence-electron chi connectivity index (χ4n) is 4.74. The van der Waals surface area contributed by atoms with E-state index in [2.05, 4.69) is 122 Å². The first-order chi connectivity index (χ1) is 18.5. The first-order valence-electron chi connectivity index (χ1n) is 13.0.